The molecule has 0 saturated heterocycles. The van der Waals surface area contributed by atoms with E-state index in [9.17, 15) is 4.79 Å². The predicted molar refractivity (Wildman–Crippen MR) is 118 cm³/mol. The maximum Gasteiger partial charge on any atom is 0.150 e. The lowest BCUT2D eigenvalue weighted by Gasteiger charge is -2.15. The molecule has 0 fully saturated rings. The van der Waals surface area contributed by atoms with E-state index in [0.717, 1.165) is 45.6 Å². The topological polar surface area (TPSA) is 68.1 Å². The van der Waals surface area contributed by atoms with Gasteiger partial charge < -0.3 is 14.7 Å². The van der Waals surface area contributed by atoms with E-state index in [2.05, 4.69) is 5.16 Å². The highest BCUT2D eigenvalue weighted by Crippen LogP contribution is 2.26. The van der Waals surface area contributed by atoms with Crippen LogP contribution in [0.2, 0.25) is 0 Å². The molecular formula is C24H33NO4. The molecule has 2 aromatic carbocycles. The monoisotopic (exact) mass is 399 g/mol. The largest absolute Gasteiger partial charge is 0.490 e. The van der Waals surface area contributed by atoms with Gasteiger partial charge in [0.1, 0.15) is 17.8 Å². The van der Waals surface area contributed by atoms with Crippen molar-refractivity contribution in [1.82, 2.24) is 0 Å². The standard InChI is InChI=1S/C12H17NO2.C12H16O2/c1-8(2)15-12-9(3)5-11(7-13-14)6-10(12)4;1-8(2)14-12-9(3)5-11(7-13)6-10(12)4/h5-8,14H,1-4H3;5-8H,1-4H3. The van der Waals surface area contributed by atoms with E-state index in [1.54, 1.807) is 0 Å². The van der Waals surface area contributed by atoms with Crippen molar-refractivity contribution in [3.63, 3.8) is 0 Å². The van der Waals surface area contributed by atoms with Crippen LogP contribution in [0.4, 0.5) is 0 Å². The molecule has 0 aliphatic rings. The van der Waals surface area contributed by atoms with Crippen LogP contribution in [-0.4, -0.2) is 29.9 Å². The fourth-order valence-electron chi connectivity index (χ4n) is 3.02. The number of hydrogen-bond acceptors (Lipinski definition) is 5. The minimum Gasteiger partial charge on any atom is -0.490 e. The molecule has 29 heavy (non-hydrogen) atoms. The van der Waals surface area contributed by atoms with Crippen molar-refractivity contribution >= 4 is 12.5 Å². The van der Waals surface area contributed by atoms with E-state index in [1.807, 2.05) is 79.7 Å². The SMILES string of the molecule is Cc1cc(C=NO)cc(C)c1OC(C)C.Cc1cc(C=O)cc(C)c1OC(C)C. The van der Waals surface area contributed by atoms with Crippen molar-refractivity contribution in [2.24, 2.45) is 5.16 Å². The van der Waals surface area contributed by atoms with Crippen molar-refractivity contribution in [2.45, 2.75) is 67.6 Å². The molecular weight excluding hydrogens is 366 g/mol. The summed E-state index contributed by atoms with van der Waals surface area (Å²) in [4.78, 5) is 10.6. The molecule has 0 aliphatic carbocycles. The average molecular weight is 400 g/mol. The quantitative estimate of drug-likeness (QED) is 0.288. The first-order valence-electron chi connectivity index (χ1n) is 9.77. The summed E-state index contributed by atoms with van der Waals surface area (Å²) < 4.78 is 11.4. The number of aryl methyl sites for hydroxylation is 4. The van der Waals surface area contributed by atoms with Crippen LogP contribution >= 0.6 is 0 Å². The van der Waals surface area contributed by atoms with E-state index >= 15 is 0 Å². The average Bonchev–Trinajstić information content (AvgIpc) is 2.61. The second-order valence-electron chi connectivity index (χ2n) is 7.66. The van der Waals surface area contributed by atoms with E-state index in [-0.39, 0.29) is 12.2 Å². The number of aldehydes is 1. The van der Waals surface area contributed by atoms with Crippen molar-refractivity contribution < 1.29 is 19.5 Å². The summed E-state index contributed by atoms with van der Waals surface area (Å²) in [7, 11) is 0. The van der Waals surface area contributed by atoms with Crippen molar-refractivity contribution in [1.29, 1.82) is 0 Å². The number of benzene rings is 2. The Bertz CT molecular complexity index is 808. The molecule has 0 heterocycles. The summed E-state index contributed by atoms with van der Waals surface area (Å²) >= 11 is 0. The number of oxime groups is 1. The number of carbonyl (C=O) groups is 1. The summed E-state index contributed by atoms with van der Waals surface area (Å²) in [5.74, 6) is 1.81. The Morgan fingerprint density at radius 1 is 0.759 bits per heavy atom. The fourth-order valence-corrected chi connectivity index (χ4v) is 3.02. The Morgan fingerprint density at radius 2 is 1.10 bits per heavy atom. The van der Waals surface area contributed by atoms with Gasteiger partial charge >= 0.3 is 0 Å². The van der Waals surface area contributed by atoms with Crippen LogP contribution in [0.3, 0.4) is 0 Å². The van der Waals surface area contributed by atoms with Crippen LogP contribution in [0.15, 0.2) is 29.4 Å². The molecule has 0 aliphatic heterocycles. The first-order valence-corrected chi connectivity index (χ1v) is 9.77. The molecule has 5 nitrogen and oxygen atoms in total. The third kappa shape index (κ3) is 7.60. The minimum absolute atomic E-state index is 0.162. The van der Waals surface area contributed by atoms with Gasteiger partial charge in [0, 0.05) is 5.56 Å². The summed E-state index contributed by atoms with van der Waals surface area (Å²) in [5, 5.41) is 11.5. The number of ether oxygens (including phenoxy) is 2. The number of hydrogen-bond donors (Lipinski definition) is 1. The molecule has 2 aromatic rings. The Hall–Kier alpha value is -2.82. The molecule has 0 bridgehead atoms. The van der Waals surface area contributed by atoms with Crippen LogP contribution in [-0.2, 0) is 0 Å². The molecule has 0 amide bonds. The molecule has 0 atom stereocenters. The first-order chi connectivity index (χ1) is 13.6. The molecule has 0 aromatic heterocycles. The zero-order valence-electron chi connectivity index (χ0n) is 18.7. The Kier molecular flexibility index (Phi) is 9.39. The number of carbonyl (C=O) groups excluding carboxylic acids is 1. The zero-order valence-corrected chi connectivity index (χ0v) is 18.7. The molecule has 158 valence electrons. The number of nitrogens with zero attached hydrogens (tertiary/aromatic N) is 1. The van der Waals surface area contributed by atoms with Crippen molar-refractivity contribution in [3.05, 3.63) is 57.6 Å². The van der Waals surface area contributed by atoms with Crippen LogP contribution in [0, 0.1) is 27.7 Å². The lowest BCUT2D eigenvalue weighted by atomic mass is 10.1. The van der Waals surface area contributed by atoms with E-state index in [0.29, 0.717) is 5.56 Å². The van der Waals surface area contributed by atoms with E-state index in [1.165, 1.54) is 6.21 Å². The van der Waals surface area contributed by atoms with Crippen LogP contribution in [0.25, 0.3) is 0 Å². The van der Waals surface area contributed by atoms with Gasteiger partial charge in [-0.15, -0.1) is 0 Å². The van der Waals surface area contributed by atoms with Crippen LogP contribution in [0.1, 0.15) is 65.9 Å². The molecule has 0 radical (unpaired) electrons. The predicted octanol–water partition coefficient (Wildman–Crippen LogP) is 5.80. The highest BCUT2D eigenvalue weighted by molar-refractivity contribution is 5.80. The van der Waals surface area contributed by atoms with Crippen LogP contribution < -0.4 is 9.47 Å². The second-order valence-corrected chi connectivity index (χ2v) is 7.66. The normalized spacial score (nSPS) is 10.8. The second kappa shape index (κ2) is 11.2. The van der Waals surface area contributed by atoms with Gasteiger partial charge in [-0.2, -0.15) is 0 Å². The lowest BCUT2D eigenvalue weighted by molar-refractivity contribution is 0.112. The van der Waals surface area contributed by atoms with Gasteiger partial charge in [-0.05, 0) is 107 Å². The summed E-state index contributed by atoms with van der Waals surface area (Å²) in [5.41, 5.74) is 5.72. The smallest absolute Gasteiger partial charge is 0.150 e. The third-order valence-corrected chi connectivity index (χ3v) is 4.02. The summed E-state index contributed by atoms with van der Waals surface area (Å²) in [6.07, 6.45) is 2.60. The summed E-state index contributed by atoms with van der Waals surface area (Å²) in [6, 6.07) is 7.56. The fraction of sp³-hybridized carbons (Fsp3) is 0.417. The van der Waals surface area contributed by atoms with Crippen LogP contribution in [0.5, 0.6) is 11.5 Å². The van der Waals surface area contributed by atoms with Gasteiger partial charge in [0.25, 0.3) is 0 Å². The molecule has 0 spiro atoms. The molecule has 0 saturated carbocycles. The van der Waals surface area contributed by atoms with Gasteiger partial charge in [0.2, 0.25) is 0 Å². The van der Waals surface area contributed by atoms with Crippen molar-refractivity contribution in [3.8, 4) is 11.5 Å². The Labute approximate surface area is 174 Å². The molecule has 5 heteroatoms. The minimum atomic E-state index is 0.162. The highest BCUT2D eigenvalue weighted by Gasteiger charge is 2.08. The van der Waals surface area contributed by atoms with Gasteiger partial charge in [0.05, 0.1) is 18.4 Å². The Balaban J connectivity index is 0.000000291. The molecule has 0 unspecified atom stereocenters. The van der Waals surface area contributed by atoms with Gasteiger partial charge in [-0.1, -0.05) is 5.16 Å². The molecule has 1 N–H and O–H groups in total. The Morgan fingerprint density at radius 3 is 1.38 bits per heavy atom. The summed E-state index contributed by atoms with van der Waals surface area (Å²) in [6.45, 7) is 15.9. The number of rotatable bonds is 6. The highest BCUT2D eigenvalue weighted by atomic mass is 16.5. The lowest BCUT2D eigenvalue weighted by Crippen LogP contribution is -2.08. The van der Waals surface area contributed by atoms with Gasteiger partial charge in [0.15, 0.2) is 0 Å². The zero-order chi connectivity index (χ0) is 22.1. The molecule has 2 rings (SSSR count). The van der Waals surface area contributed by atoms with E-state index in [4.69, 9.17) is 14.7 Å². The maximum absolute atomic E-state index is 10.6. The van der Waals surface area contributed by atoms with Gasteiger partial charge in [-0.3, -0.25) is 4.79 Å². The third-order valence-electron chi connectivity index (χ3n) is 4.02. The maximum atomic E-state index is 10.6. The first kappa shape index (κ1) is 24.2. The van der Waals surface area contributed by atoms with Crippen molar-refractivity contribution in [2.75, 3.05) is 0 Å². The van der Waals surface area contributed by atoms with E-state index < -0.39 is 0 Å². The van der Waals surface area contributed by atoms with Gasteiger partial charge in [-0.25, -0.2) is 0 Å².